The number of nitrogens with two attached hydrogens (primary N) is 3. The van der Waals surface area contributed by atoms with Crippen LogP contribution in [0.3, 0.4) is 0 Å². The van der Waals surface area contributed by atoms with Gasteiger partial charge in [0.05, 0.1) is 0 Å². The van der Waals surface area contributed by atoms with Crippen molar-refractivity contribution in [3.05, 3.63) is 23.7 Å². The van der Waals surface area contributed by atoms with E-state index in [1.807, 2.05) is 0 Å². The van der Waals surface area contributed by atoms with E-state index in [2.05, 4.69) is 11.6 Å². The largest absolute Gasteiger partial charge is 0.402 e. The Bertz CT molecular complexity index is 221. The third-order valence-corrected chi connectivity index (χ3v) is 1.24. The van der Waals surface area contributed by atoms with Crippen LogP contribution in [0.4, 0.5) is 0 Å². The normalized spacial score (nSPS) is 14.2. The number of hydrogen-bond donors (Lipinski definition) is 3. The summed E-state index contributed by atoms with van der Waals surface area (Å²) in [6, 6.07) is 0. The van der Waals surface area contributed by atoms with Gasteiger partial charge in [0.2, 0.25) is 0 Å². The van der Waals surface area contributed by atoms with E-state index in [0.717, 1.165) is 5.57 Å². The lowest BCUT2D eigenvalue weighted by atomic mass is 10.2. The van der Waals surface area contributed by atoms with Crippen LogP contribution in [0.5, 0.6) is 0 Å². The molecule has 0 unspecified atom stereocenters. The highest BCUT2D eigenvalue weighted by atomic mass is 14.9. The first kappa shape index (κ1) is 9.55. The summed E-state index contributed by atoms with van der Waals surface area (Å²) in [6.45, 7) is 6.91. The SMILES string of the molecule is C=C(N)/N=C(N)\C(C)=C(/C)N. The summed E-state index contributed by atoms with van der Waals surface area (Å²) in [6.07, 6.45) is 0. The van der Waals surface area contributed by atoms with Gasteiger partial charge in [-0.3, -0.25) is 0 Å². The fourth-order valence-electron chi connectivity index (χ4n) is 0.441. The number of allylic oxidation sites excluding steroid dienone is 1. The monoisotopic (exact) mass is 154 g/mol. The van der Waals surface area contributed by atoms with Crippen molar-refractivity contribution in [3.8, 4) is 0 Å². The molecule has 0 fully saturated rings. The lowest BCUT2D eigenvalue weighted by Crippen LogP contribution is -2.17. The Labute approximate surface area is 66.5 Å². The summed E-state index contributed by atoms with van der Waals surface area (Å²) in [5.74, 6) is 0.501. The van der Waals surface area contributed by atoms with Gasteiger partial charge in [0, 0.05) is 11.3 Å². The molecular formula is C7H14N4. The molecule has 4 nitrogen and oxygen atoms in total. The van der Waals surface area contributed by atoms with Crippen molar-refractivity contribution < 1.29 is 0 Å². The van der Waals surface area contributed by atoms with E-state index in [-0.39, 0.29) is 5.82 Å². The molecule has 62 valence electrons. The summed E-state index contributed by atoms with van der Waals surface area (Å²) in [7, 11) is 0. The molecule has 0 saturated carbocycles. The summed E-state index contributed by atoms with van der Waals surface area (Å²) in [4.78, 5) is 3.74. The smallest absolute Gasteiger partial charge is 0.130 e. The van der Waals surface area contributed by atoms with Crippen LogP contribution in [-0.4, -0.2) is 5.84 Å². The van der Waals surface area contributed by atoms with Crippen LogP contribution in [0, 0.1) is 0 Å². The van der Waals surface area contributed by atoms with E-state index in [1.54, 1.807) is 13.8 Å². The van der Waals surface area contributed by atoms with E-state index >= 15 is 0 Å². The molecule has 0 heterocycles. The minimum absolute atomic E-state index is 0.183. The van der Waals surface area contributed by atoms with Gasteiger partial charge in [0.25, 0.3) is 0 Å². The maximum absolute atomic E-state index is 5.49. The van der Waals surface area contributed by atoms with Crippen LogP contribution in [0.25, 0.3) is 0 Å². The minimum Gasteiger partial charge on any atom is -0.402 e. The van der Waals surface area contributed by atoms with Gasteiger partial charge >= 0.3 is 0 Å². The van der Waals surface area contributed by atoms with Crippen LogP contribution in [-0.2, 0) is 0 Å². The Morgan fingerprint density at radius 2 is 1.64 bits per heavy atom. The first-order valence-electron chi connectivity index (χ1n) is 3.17. The number of aliphatic imine (C=N–C) groups is 1. The molecule has 0 aromatic carbocycles. The highest BCUT2D eigenvalue weighted by Crippen LogP contribution is 1.97. The highest BCUT2D eigenvalue weighted by Gasteiger charge is 1.97. The van der Waals surface area contributed by atoms with Crippen molar-refractivity contribution in [2.45, 2.75) is 13.8 Å². The van der Waals surface area contributed by atoms with Crippen molar-refractivity contribution in [2.24, 2.45) is 22.2 Å². The minimum atomic E-state index is 0.183. The molecule has 0 aliphatic heterocycles. The fraction of sp³-hybridized carbons (Fsp3) is 0.286. The second-order valence-corrected chi connectivity index (χ2v) is 2.30. The van der Waals surface area contributed by atoms with Gasteiger partial charge in [0.1, 0.15) is 11.7 Å². The van der Waals surface area contributed by atoms with Crippen LogP contribution in [0.2, 0.25) is 0 Å². The molecule has 0 rings (SSSR count). The molecule has 0 aliphatic carbocycles. The molecule has 0 radical (unpaired) electrons. The first-order chi connectivity index (χ1) is 4.95. The molecule has 0 aromatic rings. The predicted molar refractivity (Wildman–Crippen MR) is 47.5 cm³/mol. The highest BCUT2D eigenvalue weighted by molar-refractivity contribution is 5.97. The second-order valence-electron chi connectivity index (χ2n) is 2.30. The van der Waals surface area contributed by atoms with Gasteiger partial charge in [-0.2, -0.15) is 0 Å². The zero-order valence-corrected chi connectivity index (χ0v) is 6.89. The van der Waals surface area contributed by atoms with E-state index in [9.17, 15) is 0 Å². The summed E-state index contributed by atoms with van der Waals surface area (Å²) >= 11 is 0. The van der Waals surface area contributed by atoms with Gasteiger partial charge in [-0.1, -0.05) is 6.58 Å². The number of hydrogen-bond acceptors (Lipinski definition) is 3. The molecule has 11 heavy (non-hydrogen) atoms. The molecule has 6 N–H and O–H groups in total. The van der Waals surface area contributed by atoms with Crippen molar-refractivity contribution in [2.75, 3.05) is 0 Å². The van der Waals surface area contributed by atoms with Crippen molar-refractivity contribution in [1.82, 2.24) is 0 Å². The maximum Gasteiger partial charge on any atom is 0.130 e. The lowest BCUT2D eigenvalue weighted by Gasteiger charge is -2.01. The van der Waals surface area contributed by atoms with E-state index in [0.29, 0.717) is 11.5 Å². The van der Waals surface area contributed by atoms with Crippen molar-refractivity contribution >= 4 is 5.84 Å². The van der Waals surface area contributed by atoms with E-state index < -0.39 is 0 Å². The van der Waals surface area contributed by atoms with Crippen LogP contribution >= 0.6 is 0 Å². The van der Waals surface area contributed by atoms with Crippen molar-refractivity contribution in [3.63, 3.8) is 0 Å². The Morgan fingerprint density at radius 3 is 1.91 bits per heavy atom. The Kier molecular flexibility index (Phi) is 3.17. The van der Waals surface area contributed by atoms with Crippen LogP contribution < -0.4 is 17.2 Å². The molecule has 4 heteroatoms. The van der Waals surface area contributed by atoms with Crippen LogP contribution in [0.15, 0.2) is 28.7 Å². The summed E-state index contributed by atoms with van der Waals surface area (Å²) < 4.78 is 0. The molecule has 0 atom stereocenters. The first-order valence-corrected chi connectivity index (χ1v) is 3.17. The molecule has 0 bridgehead atoms. The van der Waals surface area contributed by atoms with Gasteiger partial charge < -0.3 is 17.2 Å². The van der Waals surface area contributed by atoms with E-state index in [1.165, 1.54) is 0 Å². The number of amidine groups is 1. The Morgan fingerprint density at radius 1 is 1.18 bits per heavy atom. The zero-order chi connectivity index (χ0) is 9.02. The molecule has 0 aliphatic rings. The third kappa shape index (κ3) is 3.30. The lowest BCUT2D eigenvalue weighted by molar-refractivity contribution is 1.21. The zero-order valence-electron chi connectivity index (χ0n) is 6.89. The fourth-order valence-corrected chi connectivity index (χ4v) is 0.441. The van der Waals surface area contributed by atoms with Crippen LogP contribution in [0.1, 0.15) is 13.8 Å². The Balaban J connectivity index is 4.63. The number of rotatable bonds is 2. The molecule has 0 saturated heterocycles. The van der Waals surface area contributed by atoms with Gasteiger partial charge in [-0.15, -0.1) is 0 Å². The third-order valence-electron chi connectivity index (χ3n) is 1.24. The summed E-state index contributed by atoms with van der Waals surface area (Å²) in [5, 5.41) is 0. The van der Waals surface area contributed by atoms with Gasteiger partial charge in [-0.05, 0) is 13.8 Å². The van der Waals surface area contributed by atoms with E-state index in [4.69, 9.17) is 17.2 Å². The Hall–Kier alpha value is -1.45. The number of nitrogens with zero attached hydrogens (tertiary/aromatic N) is 1. The second kappa shape index (κ2) is 3.65. The average Bonchev–Trinajstić information content (AvgIpc) is 1.84. The average molecular weight is 154 g/mol. The predicted octanol–water partition coefficient (Wildman–Crippen LogP) is 0.0261. The summed E-state index contributed by atoms with van der Waals surface area (Å²) in [5.41, 5.74) is 17.5. The van der Waals surface area contributed by atoms with Crippen molar-refractivity contribution in [1.29, 1.82) is 0 Å². The topological polar surface area (TPSA) is 90.4 Å². The molecule has 0 spiro atoms. The van der Waals surface area contributed by atoms with Gasteiger partial charge in [-0.25, -0.2) is 4.99 Å². The molecule has 0 aromatic heterocycles. The quantitative estimate of drug-likeness (QED) is 0.387. The maximum atomic E-state index is 5.49. The van der Waals surface area contributed by atoms with Gasteiger partial charge in [0.15, 0.2) is 0 Å². The molecule has 0 amide bonds. The standard InChI is InChI=1S/C7H14N4/c1-4(5(2)8)7(10)11-6(3)9/h3,8-9H2,1-2H3,(H2,10,11)/b5-4+. The molecular weight excluding hydrogens is 140 g/mol.